The van der Waals surface area contributed by atoms with Gasteiger partial charge in [-0.1, -0.05) is 0 Å². The van der Waals surface area contributed by atoms with Crippen molar-refractivity contribution < 1.29 is 35.2 Å². The molecule has 0 saturated carbocycles. The second kappa shape index (κ2) is 8.57. The first-order valence-electron chi connectivity index (χ1n) is 7.91. The molecule has 0 amide bonds. The lowest BCUT2D eigenvalue weighted by Crippen LogP contribution is -2.54. The van der Waals surface area contributed by atoms with Crippen LogP contribution in [0.1, 0.15) is 52.9 Å². The number of rotatable bonds is 8. The first kappa shape index (κ1) is 22.0. The van der Waals surface area contributed by atoms with Gasteiger partial charge in [-0.05, 0) is 47.6 Å². The van der Waals surface area contributed by atoms with Crippen LogP contribution in [-0.4, -0.2) is 27.1 Å². The Balaban J connectivity index is 3.52. The van der Waals surface area contributed by atoms with Crippen molar-refractivity contribution >= 4 is 8.80 Å². The Bertz CT molecular complexity index is 569. The molecule has 0 aromatic heterocycles. The highest BCUT2D eigenvalue weighted by atomic mass is 28.4. The Hall–Kier alpha value is -1.03. The molecule has 0 aliphatic rings. The van der Waals surface area contributed by atoms with Crippen LogP contribution < -0.4 is 0 Å². The smallest absolute Gasteiger partial charge is 0.369 e. The van der Waals surface area contributed by atoms with E-state index in [-0.39, 0.29) is 6.07 Å². The predicted octanol–water partition coefficient (Wildman–Crippen LogP) is 5.01. The Morgan fingerprint density at radius 3 is 1.48 bits per heavy atom. The van der Waals surface area contributed by atoms with E-state index >= 15 is 4.39 Å². The summed E-state index contributed by atoms with van der Waals surface area (Å²) in [7, 11) is -4.29. The van der Waals surface area contributed by atoms with Crippen LogP contribution >= 0.6 is 0 Å². The van der Waals surface area contributed by atoms with Crippen LogP contribution in [0.3, 0.4) is 0 Å². The molecule has 1 unspecified atom stereocenters. The third-order valence-corrected chi connectivity index (χ3v) is 6.25. The van der Waals surface area contributed by atoms with Crippen molar-refractivity contribution in [3.63, 3.8) is 0 Å². The standard InChI is InChI=1S/C16H23F5O3Si/c1-8(2)22-25(23-9(3)4,24-10(5)6)16(21)11-7-12(17)14(19)15(20)13(11)18/h7-10,16H,1-6H3. The van der Waals surface area contributed by atoms with Crippen LogP contribution in [0.2, 0.25) is 0 Å². The average Bonchev–Trinajstić information content (AvgIpc) is 2.45. The lowest BCUT2D eigenvalue weighted by molar-refractivity contribution is -0.0181. The van der Waals surface area contributed by atoms with Gasteiger partial charge in [-0.3, -0.25) is 0 Å². The van der Waals surface area contributed by atoms with E-state index in [1.54, 1.807) is 41.5 Å². The van der Waals surface area contributed by atoms with E-state index in [0.717, 1.165) is 0 Å². The largest absolute Gasteiger partial charge is 0.542 e. The molecule has 0 N–H and O–H groups in total. The second-order valence-corrected chi connectivity index (χ2v) is 8.78. The Morgan fingerprint density at radius 2 is 1.12 bits per heavy atom. The van der Waals surface area contributed by atoms with Crippen LogP contribution in [0.25, 0.3) is 0 Å². The first-order valence-corrected chi connectivity index (χ1v) is 9.71. The minimum Gasteiger partial charge on any atom is -0.369 e. The van der Waals surface area contributed by atoms with Crippen molar-refractivity contribution in [2.24, 2.45) is 0 Å². The van der Waals surface area contributed by atoms with Gasteiger partial charge in [0.1, 0.15) is 0 Å². The summed E-state index contributed by atoms with van der Waals surface area (Å²) in [5.41, 5.74) is -1.04. The van der Waals surface area contributed by atoms with Crippen molar-refractivity contribution in [3.05, 3.63) is 34.9 Å². The predicted molar refractivity (Wildman–Crippen MR) is 84.5 cm³/mol. The minimum atomic E-state index is -4.29. The van der Waals surface area contributed by atoms with Crippen molar-refractivity contribution in [1.82, 2.24) is 0 Å². The Kier molecular flexibility index (Phi) is 7.54. The summed E-state index contributed by atoms with van der Waals surface area (Å²) in [6.07, 6.45) is -1.71. The van der Waals surface area contributed by atoms with Crippen molar-refractivity contribution in [2.75, 3.05) is 0 Å². The molecule has 0 heterocycles. The maximum absolute atomic E-state index is 15.3. The molecule has 0 aliphatic carbocycles. The zero-order chi connectivity index (χ0) is 19.5. The minimum absolute atomic E-state index is 0.261. The summed E-state index contributed by atoms with van der Waals surface area (Å²) in [6, 6.07) is 0.261. The molecular weight excluding hydrogens is 363 g/mol. The zero-order valence-electron chi connectivity index (χ0n) is 15.0. The summed E-state index contributed by atoms with van der Waals surface area (Å²) in [5, 5.41) is 0. The highest BCUT2D eigenvalue weighted by Crippen LogP contribution is 2.37. The first-order chi connectivity index (χ1) is 11.4. The molecule has 0 bridgehead atoms. The van der Waals surface area contributed by atoms with E-state index < -0.39 is 61.7 Å². The van der Waals surface area contributed by atoms with E-state index in [1.165, 1.54) is 0 Å². The Labute approximate surface area is 145 Å². The lowest BCUT2D eigenvalue weighted by atomic mass is 10.2. The van der Waals surface area contributed by atoms with Crippen molar-refractivity contribution in [1.29, 1.82) is 0 Å². The molecule has 3 nitrogen and oxygen atoms in total. The van der Waals surface area contributed by atoms with Crippen LogP contribution in [0, 0.1) is 23.3 Å². The molecular formula is C16H23F5O3Si. The number of alkyl halides is 1. The maximum Gasteiger partial charge on any atom is 0.542 e. The fraction of sp³-hybridized carbons (Fsp3) is 0.625. The summed E-state index contributed by atoms with van der Waals surface area (Å²) in [4.78, 5) is 0. The van der Waals surface area contributed by atoms with Gasteiger partial charge in [0.05, 0.1) is 0 Å². The molecule has 0 aliphatic heterocycles. The fourth-order valence-electron chi connectivity index (χ4n) is 2.21. The number of halogens is 5. The molecule has 9 heteroatoms. The molecule has 0 fully saturated rings. The molecule has 25 heavy (non-hydrogen) atoms. The van der Waals surface area contributed by atoms with Gasteiger partial charge in [0.15, 0.2) is 29.1 Å². The highest BCUT2D eigenvalue weighted by molar-refractivity contribution is 6.62. The van der Waals surface area contributed by atoms with E-state index in [9.17, 15) is 17.6 Å². The maximum atomic E-state index is 15.3. The van der Waals surface area contributed by atoms with Gasteiger partial charge in [-0.2, -0.15) is 0 Å². The van der Waals surface area contributed by atoms with E-state index in [2.05, 4.69) is 0 Å². The van der Waals surface area contributed by atoms with Gasteiger partial charge in [0.2, 0.25) is 0 Å². The van der Waals surface area contributed by atoms with Gasteiger partial charge in [0.25, 0.3) is 0 Å². The van der Waals surface area contributed by atoms with Crippen LogP contribution in [0.4, 0.5) is 22.0 Å². The van der Waals surface area contributed by atoms with Crippen LogP contribution in [0.5, 0.6) is 0 Å². The third kappa shape index (κ3) is 5.22. The molecule has 1 rings (SSSR count). The monoisotopic (exact) mass is 386 g/mol. The highest BCUT2D eigenvalue weighted by Gasteiger charge is 2.55. The molecule has 1 atom stereocenters. The quantitative estimate of drug-likeness (QED) is 0.272. The molecule has 1 aromatic rings. The molecule has 0 spiro atoms. The lowest BCUT2D eigenvalue weighted by Gasteiger charge is -2.36. The SMILES string of the molecule is CC(C)O[Si](OC(C)C)(OC(C)C)C(F)c1cc(F)c(F)c(F)c1F. The number of hydrogen-bond acceptors (Lipinski definition) is 3. The van der Waals surface area contributed by atoms with Crippen molar-refractivity contribution in [2.45, 2.75) is 65.6 Å². The topological polar surface area (TPSA) is 27.7 Å². The number of hydrogen-bond donors (Lipinski definition) is 0. The van der Waals surface area contributed by atoms with Crippen molar-refractivity contribution in [3.8, 4) is 0 Å². The Morgan fingerprint density at radius 1 is 0.720 bits per heavy atom. The van der Waals surface area contributed by atoms with Gasteiger partial charge in [-0.25, -0.2) is 22.0 Å². The molecule has 144 valence electrons. The normalized spacial score (nSPS) is 14.0. The van der Waals surface area contributed by atoms with Gasteiger partial charge < -0.3 is 13.3 Å². The summed E-state index contributed by atoms with van der Waals surface area (Å²) in [6.45, 7) is 9.52. The summed E-state index contributed by atoms with van der Waals surface area (Å²) in [5.74, 6) is -10.1. The molecule has 0 saturated heterocycles. The number of benzene rings is 1. The van der Waals surface area contributed by atoms with Gasteiger partial charge >= 0.3 is 8.80 Å². The van der Waals surface area contributed by atoms with E-state index in [0.29, 0.717) is 0 Å². The van der Waals surface area contributed by atoms with Gasteiger partial charge in [-0.15, -0.1) is 0 Å². The zero-order valence-corrected chi connectivity index (χ0v) is 16.0. The third-order valence-electron chi connectivity index (χ3n) is 2.91. The molecule has 0 radical (unpaired) electrons. The summed E-state index contributed by atoms with van der Waals surface area (Å²) < 4.78 is 86.2. The fourth-order valence-corrected chi connectivity index (χ4v) is 5.30. The average molecular weight is 386 g/mol. The van der Waals surface area contributed by atoms with E-state index in [4.69, 9.17) is 13.3 Å². The van der Waals surface area contributed by atoms with Crippen LogP contribution in [-0.2, 0) is 13.3 Å². The van der Waals surface area contributed by atoms with Crippen LogP contribution in [0.15, 0.2) is 6.07 Å². The second-order valence-electron chi connectivity index (χ2n) is 6.36. The van der Waals surface area contributed by atoms with Gasteiger partial charge in [0, 0.05) is 23.9 Å². The summed E-state index contributed by atoms with van der Waals surface area (Å²) >= 11 is 0. The van der Waals surface area contributed by atoms with E-state index in [1.807, 2.05) is 0 Å². The molecule has 1 aromatic carbocycles.